The van der Waals surface area contributed by atoms with E-state index in [0.29, 0.717) is 0 Å². The first kappa shape index (κ1) is 20.2. The van der Waals surface area contributed by atoms with Gasteiger partial charge in [-0.05, 0) is 30.7 Å². The Morgan fingerprint density at radius 2 is 1.85 bits per heavy atom. The molecule has 2 aromatic carbocycles. The van der Waals surface area contributed by atoms with Gasteiger partial charge in [0.15, 0.2) is 0 Å². The summed E-state index contributed by atoms with van der Waals surface area (Å²) in [5, 5.41) is 2.52. The van der Waals surface area contributed by atoms with E-state index in [1.807, 2.05) is 31.2 Å². The van der Waals surface area contributed by atoms with Crippen molar-refractivity contribution < 1.29 is 17.6 Å². The van der Waals surface area contributed by atoms with Crippen molar-refractivity contribution in [2.45, 2.75) is 13.3 Å². The number of amides is 1. The van der Waals surface area contributed by atoms with Gasteiger partial charge in [0, 0.05) is 6.54 Å². The number of halogens is 2. The van der Waals surface area contributed by atoms with Gasteiger partial charge in [-0.1, -0.05) is 41.4 Å². The maximum Gasteiger partial charge on any atom is 0.232 e. The first-order chi connectivity index (χ1) is 12.2. The average molecular weight is 399 g/mol. The molecule has 0 atom stereocenters. The summed E-state index contributed by atoms with van der Waals surface area (Å²) in [5.41, 5.74) is 2.22. The predicted octanol–water partition coefficient (Wildman–Crippen LogP) is 2.91. The fourth-order valence-electron chi connectivity index (χ4n) is 2.38. The number of benzene rings is 2. The summed E-state index contributed by atoms with van der Waals surface area (Å²) in [6.07, 6.45) is 1.25. The number of carbonyl (C=O) groups excluding carboxylic acids is 1. The smallest absolute Gasteiger partial charge is 0.232 e. The number of hydrogen-bond acceptors (Lipinski definition) is 3. The van der Waals surface area contributed by atoms with Gasteiger partial charge in [-0.15, -0.1) is 0 Å². The summed E-state index contributed by atoms with van der Waals surface area (Å²) in [5.74, 6) is -0.838. The molecule has 0 saturated carbocycles. The number of nitrogens with zero attached hydrogens (tertiary/aromatic N) is 1. The Morgan fingerprint density at radius 1 is 1.19 bits per heavy atom. The predicted molar refractivity (Wildman–Crippen MR) is 101 cm³/mol. The van der Waals surface area contributed by atoms with Gasteiger partial charge in [0.2, 0.25) is 15.9 Å². The molecule has 0 spiro atoms. The van der Waals surface area contributed by atoms with Gasteiger partial charge in [-0.2, -0.15) is 0 Å². The molecule has 2 rings (SSSR count). The zero-order valence-corrected chi connectivity index (χ0v) is 16.1. The quantitative estimate of drug-likeness (QED) is 0.779. The van der Waals surface area contributed by atoms with Crippen LogP contribution >= 0.6 is 11.6 Å². The summed E-state index contributed by atoms with van der Waals surface area (Å²) < 4.78 is 38.4. The van der Waals surface area contributed by atoms with E-state index in [2.05, 4.69) is 5.32 Å². The molecule has 1 amide bonds. The van der Waals surface area contributed by atoms with Gasteiger partial charge in [-0.3, -0.25) is 9.10 Å². The maximum atomic E-state index is 13.3. The van der Waals surface area contributed by atoms with E-state index in [9.17, 15) is 17.6 Å². The zero-order chi connectivity index (χ0) is 19.3. The lowest BCUT2D eigenvalue weighted by Crippen LogP contribution is -2.38. The molecule has 0 heterocycles. The van der Waals surface area contributed by atoms with Crippen LogP contribution in [0, 0.1) is 12.7 Å². The van der Waals surface area contributed by atoms with Crippen molar-refractivity contribution in [3.8, 4) is 0 Å². The molecular weight excluding hydrogens is 379 g/mol. The molecule has 8 heteroatoms. The molecule has 0 bridgehead atoms. The third-order valence-electron chi connectivity index (χ3n) is 3.71. The Morgan fingerprint density at radius 3 is 2.42 bits per heavy atom. The lowest BCUT2D eigenvalue weighted by molar-refractivity contribution is -0.120. The molecule has 0 aliphatic heterocycles. The molecule has 5 nitrogen and oxygen atoms in total. The average Bonchev–Trinajstić information content (AvgIpc) is 2.55. The summed E-state index contributed by atoms with van der Waals surface area (Å²) in [6.45, 7) is 2.10. The molecule has 0 saturated heterocycles. The van der Waals surface area contributed by atoms with E-state index in [1.165, 1.54) is 12.1 Å². The van der Waals surface area contributed by atoms with Crippen molar-refractivity contribution in [1.82, 2.24) is 5.32 Å². The second kappa shape index (κ2) is 8.51. The van der Waals surface area contributed by atoms with Crippen LogP contribution in [0.4, 0.5) is 10.1 Å². The number of sulfonamides is 1. The molecule has 0 unspecified atom stereocenters. The fraction of sp³-hybridized carbons (Fsp3) is 0.278. The van der Waals surface area contributed by atoms with Crippen molar-refractivity contribution >= 4 is 33.2 Å². The van der Waals surface area contributed by atoms with Gasteiger partial charge < -0.3 is 5.32 Å². The van der Waals surface area contributed by atoms with Crippen LogP contribution in [0.3, 0.4) is 0 Å². The third kappa shape index (κ3) is 5.71. The normalized spacial score (nSPS) is 11.2. The molecule has 0 radical (unpaired) electrons. The van der Waals surface area contributed by atoms with Crippen LogP contribution in [-0.2, 0) is 21.2 Å². The zero-order valence-electron chi connectivity index (χ0n) is 14.5. The Hall–Kier alpha value is -2.12. The van der Waals surface area contributed by atoms with E-state index in [0.717, 1.165) is 27.8 Å². The number of hydrogen-bond donors (Lipinski definition) is 1. The monoisotopic (exact) mass is 398 g/mol. The maximum absolute atomic E-state index is 13.3. The summed E-state index contributed by atoms with van der Waals surface area (Å²) >= 11 is 5.73. The molecule has 26 heavy (non-hydrogen) atoms. The summed E-state index contributed by atoms with van der Waals surface area (Å²) in [7, 11) is -3.61. The SMILES string of the molecule is Cc1ccc(CC(=O)NCCN(c2ccc(F)c(Cl)c2)S(C)(=O)=O)cc1. The van der Waals surface area contributed by atoms with E-state index in [-0.39, 0.29) is 36.1 Å². The van der Waals surface area contributed by atoms with Crippen LogP contribution in [0.1, 0.15) is 11.1 Å². The fourth-order valence-corrected chi connectivity index (χ4v) is 3.47. The summed E-state index contributed by atoms with van der Waals surface area (Å²) in [6, 6.07) is 11.3. The minimum atomic E-state index is -3.61. The van der Waals surface area contributed by atoms with Crippen LogP contribution in [0.2, 0.25) is 5.02 Å². The number of anilines is 1. The second-order valence-electron chi connectivity index (χ2n) is 5.95. The molecule has 0 aliphatic rings. The highest BCUT2D eigenvalue weighted by atomic mass is 35.5. The largest absolute Gasteiger partial charge is 0.354 e. The van der Waals surface area contributed by atoms with Crippen molar-refractivity contribution in [1.29, 1.82) is 0 Å². The summed E-state index contributed by atoms with van der Waals surface area (Å²) in [4.78, 5) is 12.0. The Balaban J connectivity index is 1.98. The first-order valence-corrected chi connectivity index (χ1v) is 10.1. The van der Waals surface area contributed by atoms with Gasteiger partial charge in [0.05, 0.1) is 29.9 Å². The standard InChI is InChI=1S/C18H20ClFN2O3S/c1-13-3-5-14(6-4-13)11-18(23)21-9-10-22(26(2,24)25)15-7-8-17(20)16(19)12-15/h3-8,12H,9-11H2,1-2H3,(H,21,23). The van der Waals surface area contributed by atoms with Gasteiger partial charge in [0.1, 0.15) is 5.82 Å². The van der Waals surface area contributed by atoms with Crippen molar-refractivity contribution in [3.05, 3.63) is 64.4 Å². The van der Waals surface area contributed by atoms with Crippen LogP contribution < -0.4 is 9.62 Å². The van der Waals surface area contributed by atoms with Crippen molar-refractivity contribution in [3.63, 3.8) is 0 Å². The molecule has 0 fully saturated rings. The molecule has 0 aliphatic carbocycles. The molecular formula is C18H20ClFN2O3S. The van der Waals surface area contributed by atoms with E-state index in [4.69, 9.17) is 11.6 Å². The van der Waals surface area contributed by atoms with Crippen LogP contribution in [0.25, 0.3) is 0 Å². The Labute approximate surface area is 157 Å². The van der Waals surface area contributed by atoms with Gasteiger partial charge >= 0.3 is 0 Å². The lowest BCUT2D eigenvalue weighted by atomic mass is 10.1. The van der Waals surface area contributed by atoms with E-state index in [1.54, 1.807) is 0 Å². The highest BCUT2D eigenvalue weighted by Gasteiger charge is 2.18. The van der Waals surface area contributed by atoms with Gasteiger partial charge in [0.25, 0.3) is 0 Å². The van der Waals surface area contributed by atoms with Crippen LogP contribution in [-0.4, -0.2) is 33.7 Å². The number of rotatable bonds is 7. The van der Waals surface area contributed by atoms with Gasteiger partial charge in [-0.25, -0.2) is 12.8 Å². The Bertz CT molecular complexity index is 886. The minimum absolute atomic E-state index is 0.0143. The van der Waals surface area contributed by atoms with Crippen molar-refractivity contribution in [2.24, 2.45) is 0 Å². The number of aryl methyl sites for hydroxylation is 1. The molecule has 2 aromatic rings. The minimum Gasteiger partial charge on any atom is -0.354 e. The first-order valence-electron chi connectivity index (χ1n) is 7.92. The van der Waals surface area contributed by atoms with E-state index >= 15 is 0 Å². The Kier molecular flexibility index (Phi) is 6.61. The van der Waals surface area contributed by atoms with E-state index < -0.39 is 15.8 Å². The lowest BCUT2D eigenvalue weighted by Gasteiger charge is -2.22. The number of nitrogens with one attached hydrogen (secondary N) is 1. The molecule has 0 aromatic heterocycles. The van der Waals surface area contributed by atoms with Crippen molar-refractivity contribution in [2.75, 3.05) is 23.7 Å². The second-order valence-corrected chi connectivity index (χ2v) is 8.26. The highest BCUT2D eigenvalue weighted by molar-refractivity contribution is 7.92. The number of carbonyl (C=O) groups is 1. The molecule has 1 N–H and O–H groups in total. The topological polar surface area (TPSA) is 66.5 Å². The highest BCUT2D eigenvalue weighted by Crippen LogP contribution is 2.24. The third-order valence-corrected chi connectivity index (χ3v) is 5.20. The van der Waals surface area contributed by atoms with Crippen LogP contribution in [0.5, 0.6) is 0 Å². The van der Waals surface area contributed by atoms with Crippen LogP contribution in [0.15, 0.2) is 42.5 Å². The molecule has 140 valence electrons.